The SMILES string of the molecule is CN(C)c1ccc(-n2cc(CN)nn2)cc1. The maximum absolute atomic E-state index is 5.48. The summed E-state index contributed by atoms with van der Waals surface area (Å²) < 4.78 is 1.72. The molecular weight excluding hydrogens is 202 g/mol. The predicted octanol–water partition coefficient (Wildman–Crippen LogP) is 0.792. The van der Waals surface area contributed by atoms with E-state index in [-0.39, 0.29) is 0 Å². The highest BCUT2D eigenvalue weighted by atomic mass is 15.4. The Balaban J connectivity index is 2.27. The topological polar surface area (TPSA) is 60.0 Å². The van der Waals surface area contributed by atoms with E-state index in [1.54, 1.807) is 4.68 Å². The lowest BCUT2D eigenvalue weighted by atomic mass is 10.2. The molecule has 0 unspecified atom stereocenters. The van der Waals surface area contributed by atoms with Gasteiger partial charge in [0.1, 0.15) is 0 Å². The first-order valence-electron chi connectivity index (χ1n) is 5.10. The number of aromatic nitrogens is 3. The zero-order valence-electron chi connectivity index (χ0n) is 9.46. The first-order chi connectivity index (χ1) is 7.70. The van der Waals surface area contributed by atoms with Crippen molar-refractivity contribution in [2.45, 2.75) is 6.54 Å². The molecule has 0 fully saturated rings. The molecule has 0 aliphatic carbocycles. The zero-order chi connectivity index (χ0) is 11.5. The van der Waals surface area contributed by atoms with Gasteiger partial charge >= 0.3 is 0 Å². The number of nitrogens with two attached hydrogens (primary N) is 1. The second-order valence-electron chi connectivity index (χ2n) is 3.77. The number of hydrogen-bond acceptors (Lipinski definition) is 4. The van der Waals surface area contributed by atoms with Crippen LogP contribution in [0.2, 0.25) is 0 Å². The number of nitrogens with zero attached hydrogens (tertiary/aromatic N) is 4. The lowest BCUT2D eigenvalue weighted by Gasteiger charge is -2.12. The van der Waals surface area contributed by atoms with Crippen molar-refractivity contribution in [3.05, 3.63) is 36.2 Å². The number of hydrogen-bond donors (Lipinski definition) is 1. The summed E-state index contributed by atoms with van der Waals surface area (Å²) in [5.74, 6) is 0. The molecule has 16 heavy (non-hydrogen) atoms. The highest BCUT2D eigenvalue weighted by molar-refractivity contribution is 5.49. The molecule has 2 N–H and O–H groups in total. The maximum atomic E-state index is 5.48. The molecule has 0 aliphatic heterocycles. The molecule has 5 nitrogen and oxygen atoms in total. The molecule has 0 spiro atoms. The first kappa shape index (κ1) is 10.6. The second kappa shape index (κ2) is 4.32. The van der Waals surface area contributed by atoms with Crippen molar-refractivity contribution in [1.29, 1.82) is 0 Å². The van der Waals surface area contributed by atoms with Gasteiger partial charge in [-0.2, -0.15) is 0 Å². The van der Waals surface area contributed by atoms with E-state index in [9.17, 15) is 0 Å². The third kappa shape index (κ3) is 2.04. The van der Waals surface area contributed by atoms with Gasteiger partial charge in [-0.05, 0) is 24.3 Å². The highest BCUT2D eigenvalue weighted by Crippen LogP contribution is 2.14. The minimum absolute atomic E-state index is 0.412. The molecule has 0 amide bonds. The van der Waals surface area contributed by atoms with E-state index in [0.717, 1.165) is 17.1 Å². The molecule has 0 bridgehead atoms. The lowest BCUT2D eigenvalue weighted by Crippen LogP contribution is -2.08. The van der Waals surface area contributed by atoms with Gasteiger partial charge in [0, 0.05) is 26.3 Å². The van der Waals surface area contributed by atoms with E-state index >= 15 is 0 Å². The van der Waals surface area contributed by atoms with Crippen LogP contribution in [0.5, 0.6) is 0 Å². The lowest BCUT2D eigenvalue weighted by molar-refractivity contribution is 0.796. The number of benzene rings is 1. The quantitative estimate of drug-likeness (QED) is 0.825. The van der Waals surface area contributed by atoms with Crippen molar-refractivity contribution in [1.82, 2.24) is 15.0 Å². The molecule has 0 saturated carbocycles. The Bertz CT molecular complexity index is 457. The summed E-state index contributed by atoms with van der Waals surface area (Å²) in [6.07, 6.45) is 1.84. The Morgan fingerprint density at radius 1 is 1.25 bits per heavy atom. The van der Waals surface area contributed by atoms with Crippen LogP contribution in [0.25, 0.3) is 5.69 Å². The van der Waals surface area contributed by atoms with Crippen LogP contribution in [-0.4, -0.2) is 29.1 Å². The van der Waals surface area contributed by atoms with Crippen LogP contribution in [0.4, 0.5) is 5.69 Å². The Hall–Kier alpha value is -1.88. The van der Waals surface area contributed by atoms with Crippen molar-refractivity contribution < 1.29 is 0 Å². The Morgan fingerprint density at radius 2 is 1.94 bits per heavy atom. The third-order valence-electron chi connectivity index (χ3n) is 2.38. The van der Waals surface area contributed by atoms with Gasteiger partial charge in [-0.3, -0.25) is 0 Å². The summed E-state index contributed by atoms with van der Waals surface area (Å²) in [6, 6.07) is 8.09. The van der Waals surface area contributed by atoms with Gasteiger partial charge in [0.05, 0.1) is 17.6 Å². The molecule has 0 saturated heterocycles. The fraction of sp³-hybridized carbons (Fsp3) is 0.273. The molecule has 2 rings (SSSR count). The molecule has 84 valence electrons. The van der Waals surface area contributed by atoms with Crippen LogP contribution in [0, 0.1) is 0 Å². The summed E-state index contributed by atoms with van der Waals surface area (Å²) >= 11 is 0. The number of rotatable bonds is 3. The van der Waals surface area contributed by atoms with E-state index in [1.165, 1.54) is 0 Å². The fourth-order valence-electron chi connectivity index (χ4n) is 1.42. The molecule has 1 aromatic heterocycles. The Kier molecular flexibility index (Phi) is 2.87. The molecule has 2 aromatic rings. The molecule has 1 aromatic carbocycles. The van der Waals surface area contributed by atoms with Crippen molar-refractivity contribution in [2.75, 3.05) is 19.0 Å². The summed E-state index contributed by atoms with van der Waals surface area (Å²) in [5.41, 5.74) is 8.41. The fourth-order valence-corrected chi connectivity index (χ4v) is 1.42. The Labute approximate surface area is 94.5 Å². The van der Waals surface area contributed by atoms with Crippen molar-refractivity contribution in [3.8, 4) is 5.69 Å². The normalized spacial score (nSPS) is 10.4. The van der Waals surface area contributed by atoms with Gasteiger partial charge in [0.15, 0.2) is 0 Å². The van der Waals surface area contributed by atoms with Gasteiger partial charge in [-0.25, -0.2) is 4.68 Å². The van der Waals surface area contributed by atoms with E-state index in [0.29, 0.717) is 6.54 Å². The van der Waals surface area contributed by atoms with Crippen LogP contribution in [0.3, 0.4) is 0 Å². The maximum Gasteiger partial charge on any atom is 0.0967 e. The largest absolute Gasteiger partial charge is 0.378 e. The monoisotopic (exact) mass is 217 g/mol. The second-order valence-corrected chi connectivity index (χ2v) is 3.77. The summed E-state index contributed by atoms with van der Waals surface area (Å²) in [5, 5.41) is 7.95. The number of anilines is 1. The molecular formula is C11H15N5. The standard InChI is InChI=1S/C11H15N5/c1-15(2)10-3-5-11(6-4-10)16-8-9(7-12)13-14-16/h3-6,8H,7,12H2,1-2H3. The molecule has 0 atom stereocenters. The van der Waals surface area contributed by atoms with E-state index in [1.807, 2.05) is 44.6 Å². The average molecular weight is 217 g/mol. The van der Waals surface area contributed by atoms with Gasteiger partial charge in [-0.1, -0.05) is 5.21 Å². The van der Waals surface area contributed by atoms with Gasteiger partial charge in [-0.15, -0.1) is 5.10 Å². The van der Waals surface area contributed by atoms with Crippen LogP contribution >= 0.6 is 0 Å². The van der Waals surface area contributed by atoms with Crippen LogP contribution in [0.15, 0.2) is 30.5 Å². The molecule has 1 heterocycles. The van der Waals surface area contributed by atoms with Crippen LogP contribution in [-0.2, 0) is 6.54 Å². The van der Waals surface area contributed by atoms with Gasteiger partial charge in [0.25, 0.3) is 0 Å². The average Bonchev–Trinajstić information content (AvgIpc) is 2.77. The minimum Gasteiger partial charge on any atom is -0.378 e. The first-order valence-corrected chi connectivity index (χ1v) is 5.10. The predicted molar refractivity (Wildman–Crippen MR) is 63.6 cm³/mol. The van der Waals surface area contributed by atoms with Crippen molar-refractivity contribution in [2.24, 2.45) is 5.73 Å². The Morgan fingerprint density at radius 3 is 2.44 bits per heavy atom. The third-order valence-corrected chi connectivity index (χ3v) is 2.38. The van der Waals surface area contributed by atoms with E-state index in [4.69, 9.17) is 5.73 Å². The summed E-state index contributed by atoms with van der Waals surface area (Å²) in [4.78, 5) is 2.05. The molecule has 0 aliphatic rings. The summed E-state index contributed by atoms with van der Waals surface area (Å²) in [7, 11) is 4.02. The highest BCUT2D eigenvalue weighted by Gasteiger charge is 2.01. The summed E-state index contributed by atoms with van der Waals surface area (Å²) in [6.45, 7) is 0.412. The van der Waals surface area contributed by atoms with Crippen molar-refractivity contribution >= 4 is 5.69 Å². The van der Waals surface area contributed by atoms with Crippen molar-refractivity contribution in [3.63, 3.8) is 0 Å². The minimum atomic E-state index is 0.412. The zero-order valence-corrected chi connectivity index (χ0v) is 9.46. The van der Waals surface area contributed by atoms with Gasteiger partial charge in [0.2, 0.25) is 0 Å². The molecule has 0 radical (unpaired) electrons. The van der Waals surface area contributed by atoms with E-state index in [2.05, 4.69) is 15.2 Å². The smallest absolute Gasteiger partial charge is 0.0967 e. The van der Waals surface area contributed by atoms with E-state index < -0.39 is 0 Å². The molecule has 5 heteroatoms. The van der Waals surface area contributed by atoms with Crippen LogP contribution < -0.4 is 10.6 Å². The van der Waals surface area contributed by atoms with Gasteiger partial charge < -0.3 is 10.6 Å². The van der Waals surface area contributed by atoms with Crippen LogP contribution in [0.1, 0.15) is 5.69 Å².